The molecule has 1 rings (SSSR count). The van der Waals surface area contributed by atoms with Gasteiger partial charge in [-0.1, -0.05) is 0 Å². The molecule has 1 heterocycles. The fourth-order valence-electron chi connectivity index (χ4n) is 0.314. The molecule has 0 aromatic carbocycles. The van der Waals surface area contributed by atoms with Crippen LogP contribution in [0, 0.1) is 0 Å². The predicted octanol–water partition coefficient (Wildman–Crippen LogP) is 1.34. The standard InChI is InChI=1S/C3H3Br2N3/c4-3-1-2-6-8(5)7-3/h1-2,6H. The molecule has 0 radical (unpaired) electrons. The van der Waals surface area contributed by atoms with Crippen molar-refractivity contribution in [2.24, 2.45) is 5.10 Å². The summed E-state index contributed by atoms with van der Waals surface area (Å²) >= 11 is 6.26. The normalized spacial score (nSPS) is 17.8. The SMILES string of the molecule is BrC1=NN(Br)NC=C1. The van der Waals surface area contributed by atoms with Gasteiger partial charge in [-0.05, 0) is 22.0 Å². The Bertz CT molecular complexity index is 141. The van der Waals surface area contributed by atoms with Gasteiger partial charge in [-0.25, -0.2) is 0 Å². The number of allylic oxidation sites excluding steroid dienone is 1. The lowest BCUT2D eigenvalue weighted by molar-refractivity contribution is 0.448. The molecule has 3 nitrogen and oxygen atoms in total. The highest BCUT2D eigenvalue weighted by Crippen LogP contribution is 2.03. The van der Waals surface area contributed by atoms with Gasteiger partial charge in [0.15, 0.2) is 0 Å². The van der Waals surface area contributed by atoms with Gasteiger partial charge in [-0.15, -0.1) is 9.25 Å². The largest absolute Gasteiger partial charge is 0.279 e. The molecule has 0 amide bonds. The van der Waals surface area contributed by atoms with E-state index in [0.717, 1.165) is 4.62 Å². The molecular formula is C3H3Br2N3. The van der Waals surface area contributed by atoms with E-state index < -0.39 is 0 Å². The fourth-order valence-corrected chi connectivity index (χ4v) is 1.11. The Balaban J connectivity index is 2.63. The molecule has 0 fully saturated rings. The molecule has 8 heavy (non-hydrogen) atoms. The second-order valence-corrected chi connectivity index (χ2v) is 2.63. The Hall–Kier alpha value is -0.0300. The zero-order valence-electron chi connectivity index (χ0n) is 3.81. The predicted molar refractivity (Wildman–Crippen MR) is 39.4 cm³/mol. The minimum atomic E-state index is 0.785. The molecule has 1 aliphatic rings. The smallest absolute Gasteiger partial charge is 0.130 e. The molecule has 0 spiro atoms. The van der Waals surface area contributed by atoms with E-state index in [4.69, 9.17) is 0 Å². The minimum Gasteiger partial charge on any atom is -0.279 e. The molecule has 0 atom stereocenters. The van der Waals surface area contributed by atoms with Crippen LogP contribution in [0.25, 0.3) is 0 Å². The summed E-state index contributed by atoms with van der Waals surface area (Å²) in [6.45, 7) is 0. The number of halogens is 2. The van der Waals surface area contributed by atoms with Crippen LogP contribution in [0.2, 0.25) is 0 Å². The first-order valence-electron chi connectivity index (χ1n) is 1.92. The summed E-state index contributed by atoms with van der Waals surface area (Å²) in [5, 5.41) is 3.87. The van der Waals surface area contributed by atoms with Crippen molar-refractivity contribution < 1.29 is 0 Å². The number of nitrogens with zero attached hydrogens (tertiary/aromatic N) is 2. The van der Waals surface area contributed by atoms with Crippen LogP contribution in [0.15, 0.2) is 17.4 Å². The maximum Gasteiger partial charge on any atom is 0.130 e. The van der Waals surface area contributed by atoms with E-state index in [1.807, 2.05) is 0 Å². The van der Waals surface area contributed by atoms with E-state index in [2.05, 4.69) is 42.6 Å². The van der Waals surface area contributed by atoms with Crippen LogP contribution in [-0.4, -0.2) is 8.76 Å². The molecule has 5 heteroatoms. The van der Waals surface area contributed by atoms with Crippen molar-refractivity contribution in [1.82, 2.24) is 9.57 Å². The van der Waals surface area contributed by atoms with Gasteiger partial charge >= 0.3 is 0 Å². The molecule has 0 saturated heterocycles. The lowest BCUT2D eigenvalue weighted by Crippen LogP contribution is -2.22. The van der Waals surface area contributed by atoms with Gasteiger partial charge in [-0.3, -0.25) is 5.43 Å². The average molecular weight is 241 g/mol. The van der Waals surface area contributed by atoms with Crippen molar-refractivity contribution in [2.45, 2.75) is 0 Å². The van der Waals surface area contributed by atoms with Crippen molar-refractivity contribution in [3.05, 3.63) is 12.3 Å². The quantitative estimate of drug-likeness (QED) is 0.648. The summed E-state index contributed by atoms with van der Waals surface area (Å²) in [5.74, 6) is 0. The first-order chi connectivity index (χ1) is 3.79. The van der Waals surface area contributed by atoms with Crippen LogP contribution in [0.3, 0.4) is 0 Å². The van der Waals surface area contributed by atoms with Crippen molar-refractivity contribution in [3.8, 4) is 0 Å². The Morgan fingerprint density at radius 1 is 1.75 bits per heavy atom. The second kappa shape index (κ2) is 2.50. The second-order valence-electron chi connectivity index (χ2n) is 1.15. The van der Waals surface area contributed by atoms with Gasteiger partial charge in [0, 0.05) is 6.20 Å². The highest BCUT2D eigenvalue weighted by molar-refractivity contribution is 9.18. The Morgan fingerprint density at radius 2 is 2.50 bits per heavy atom. The van der Waals surface area contributed by atoms with E-state index in [9.17, 15) is 0 Å². The highest BCUT2D eigenvalue weighted by Gasteiger charge is 1.96. The molecule has 1 N–H and O–H groups in total. The summed E-state index contributed by atoms with van der Waals surface area (Å²) in [6.07, 6.45) is 3.56. The molecule has 0 aromatic rings. The van der Waals surface area contributed by atoms with Crippen molar-refractivity contribution in [3.63, 3.8) is 0 Å². The van der Waals surface area contributed by atoms with E-state index in [0.29, 0.717) is 0 Å². The Kier molecular flexibility index (Phi) is 1.90. The number of hydrogen-bond donors (Lipinski definition) is 1. The van der Waals surface area contributed by atoms with Crippen molar-refractivity contribution in [2.75, 3.05) is 0 Å². The molecule has 0 unspecified atom stereocenters. The van der Waals surface area contributed by atoms with E-state index in [-0.39, 0.29) is 0 Å². The van der Waals surface area contributed by atoms with Gasteiger partial charge in [0.05, 0.1) is 16.1 Å². The minimum absolute atomic E-state index is 0.785. The molecule has 0 bridgehead atoms. The molecule has 1 aliphatic heterocycles. The van der Waals surface area contributed by atoms with Gasteiger partial charge in [0.25, 0.3) is 0 Å². The number of hydrazone groups is 1. The van der Waals surface area contributed by atoms with Crippen LogP contribution in [0.5, 0.6) is 0 Å². The van der Waals surface area contributed by atoms with Crippen LogP contribution in [0.1, 0.15) is 0 Å². The first kappa shape index (κ1) is 6.10. The summed E-state index contributed by atoms with van der Waals surface area (Å²) in [5.41, 5.74) is 2.76. The maximum atomic E-state index is 3.87. The summed E-state index contributed by atoms with van der Waals surface area (Å²) < 4.78 is 2.21. The van der Waals surface area contributed by atoms with Gasteiger partial charge in [-0.2, -0.15) is 0 Å². The van der Waals surface area contributed by atoms with Crippen LogP contribution < -0.4 is 5.43 Å². The van der Waals surface area contributed by atoms with Crippen molar-refractivity contribution >= 4 is 36.7 Å². The number of rotatable bonds is 0. The van der Waals surface area contributed by atoms with Gasteiger partial charge in [0.1, 0.15) is 4.62 Å². The number of nitrogens with one attached hydrogen (secondary N) is 1. The third-order valence-corrected chi connectivity index (χ3v) is 1.37. The molecule has 0 aliphatic carbocycles. The van der Waals surface area contributed by atoms with Gasteiger partial charge in [0.2, 0.25) is 0 Å². The number of hydrogen-bond acceptors (Lipinski definition) is 3. The van der Waals surface area contributed by atoms with Crippen LogP contribution in [0.4, 0.5) is 0 Å². The first-order valence-corrected chi connectivity index (χ1v) is 3.42. The Morgan fingerprint density at radius 3 is 2.88 bits per heavy atom. The van der Waals surface area contributed by atoms with Gasteiger partial charge < -0.3 is 0 Å². The molecule has 0 saturated carbocycles. The maximum absolute atomic E-state index is 3.87. The third kappa shape index (κ3) is 1.48. The van der Waals surface area contributed by atoms with E-state index in [1.54, 1.807) is 12.3 Å². The van der Waals surface area contributed by atoms with Crippen molar-refractivity contribution in [1.29, 1.82) is 0 Å². The topological polar surface area (TPSA) is 27.6 Å². The van der Waals surface area contributed by atoms with E-state index >= 15 is 0 Å². The molecular weight excluding hydrogens is 238 g/mol. The zero-order valence-corrected chi connectivity index (χ0v) is 6.98. The van der Waals surface area contributed by atoms with Crippen LogP contribution >= 0.6 is 32.1 Å². The lowest BCUT2D eigenvalue weighted by atomic mass is 10.7. The molecule has 44 valence electrons. The third-order valence-electron chi connectivity index (χ3n) is 0.585. The van der Waals surface area contributed by atoms with E-state index in [1.165, 1.54) is 4.14 Å². The Labute approximate surface area is 63.9 Å². The fraction of sp³-hybridized carbons (Fsp3) is 0. The lowest BCUT2D eigenvalue weighted by Gasteiger charge is -2.11. The summed E-state index contributed by atoms with van der Waals surface area (Å²) in [7, 11) is 0. The number of hydrazine groups is 1. The zero-order chi connectivity index (χ0) is 5.98. The summed E-state index contributed by atoms with van der Waals surface area (Å²) in [6, 6.07) is 0. The highest BCUT2D eigenvalue weighted by atomic mass is 79.9. The van der Waals surface area contributed by atoms with Crippen LogP contribution in [-0.2, 0) is 0 Å². The summed E-state index contributed by atoms with van der Waals surface area (Å²) in [4.78, 5) is 0. The molecule has 0 aromatic heterocycles. The average Bonchev–Trinajstić information content (AvgIpc) is 1.64. The monoisotopic (exact) mass is 239 g/mol.